The van der Waals surface area contributed by atoms with Crippen LogP contribution in [0.2, 0.25) is 5.02 Å². The summed E-state index contributed by atoms with van der Waals surface area (Å²) >= 11 is 6.20. The summed E-state index contributed by atoms with van der Waals surface area (Å²) in [6, 6.07) is 19.3. The van der Waals surface area contributed by atoms with E-state index in [4.69, 9.17) is 21.1 Å². The number of hydrogen-bond acceptors (Lipinski definition) is 5. The Balaban J connectivity index is 1.86. The van der Waals surface area contributed by atoms with Crippen molar-refractivity contribution in [1.82, 2.24) is 10.0 Å². The Morgan fingerprint density at radius 3 is 2.34 bits per heavy atom. The second kappa shape index (κ2) is 12.1. The minimum Gasteiger partial charge on any atom is -0.496 e. The fraction of sp³-hybridized carbons (Fsp3) is 0.269. The van der Waals surface area contributed by atoms with Crippen molar-refractivity contribution >= 4 is 27.5 Å². The molecule has 2 N–H and O–H groups in total. The van der Waals surface area contributed by atoms with Crippen LogP contribution in [-0.4, -0.2) is 34.1 Å². The molecule has 9 heteroatoms. The molecule has 0 fully saturated rings. The molecule has 0 heterocycles. The number of carbonyl (C=O) groups is 1. The number of nitrogens with one attached hydrogen (secondary N) is 2. The number of carbonyl (C=O) groups excluding carboxylic acids is 1. The molecule has 0 saturated heterocycles. The summed E-state index contributed by atoms with van der Waals surface area (Å²) in [4.78, 5) is 13.3. The predicted octanol–water partition coefficient (Wildman–Crippen LogP) is 4.51. The zero-order valence-corrected chi connectivity index (χ0v) is 21.4. The summed E-state index contributed by atoms with van der Waals surface area (Å²) in [7, 11) is -2.51. The monoisotopic (exact) mass is 516 g/mol. The second-order valence-corrected chi connectivity index (χ2v) is 9.98. The number of para-hydroxylation sites is 1. The minimum absolute atomic E-state index is 0.0606. The lowest BCUT2D eigenvalue weighted by molar-refractivity contribution is -0.123. The molecule has 3 rings (SSSR count). The van der Waals surface area contributed by atoms with E-state index in [1.165, 1.54) is 18.2 Å². The number of sulfonamides is 1. The number of ether oxygens (including phenoxy) is 2. The standard InChI is InChI=1S/C26H29ClN2O5S/c1-4-34-25-15-14-20(17-22(25)27)35(31,32)29-23(16-19-10-6-5-7-11-19)26(30)28-18(2)21-12-8-9-13-24(21)33-3/h5-15,17-18,23,29H,4,16H2,1-3H3,(H,28,30). The first kappa shape index (κ1) is 26.5. The number of benzene rings is 3. The number of amides is 1. The highest BCUT2D eigenvalue weighted by Gasteiger charge is 2.28. The number of hydrogen-bond donors (Lipinski definition) is 2. The van der Waals surface area contributed by atoms with Gasteiger partial charge in [0.15, 0.2) is 0 Å². The lowest BCUT2D eigenvalue weighted by Gasteiger charge is -2.23. The molecule has 1 amide bonds. The van der Waals surface area contributed by atoms with Gasteiger partial charge in [0.25, 0.3) is 0 Å². The second-order valence-electron chi connectivity index (χ2n) is 7.86. The molecule has 0 aromatic heterocycles. The number of halogens is 1. The molecule has 2 unspecified atom stereocenters. The van der Waals surface area contributed by atoms with Gasteiger partial charge in [-0.15, -0.1) is 0 Å². The molecule has 0 aliphatic carbocycles. The SMILES string of the molecule is CCOc1ccc(S(=O)(=O)NC(Cc2ccccc2)C(=O)NC(C)c2ccccc2OC)cc1Cl. The van der Waals surface area contributed by atoms with Crippen molar-refractivity contribution in [2.24, 2.45) is 0 Å². The zero-order valence-electron chi connectivity index (χ0n) is 19.8. The van der Waals surface area contributed by atoms with Gasteiger partial charge in [-0.2, -0.15) is 4.72 Å². The van der Waals surface area contributed by atoms with Gasteiger partial charge in [-0.1, -0.05) is 60.1 Å². The summed E-state index contributed by atoms with van der Waals surface area (Å²) in [5.41, 5.74) is 1.59. The molecule has 35 heavy (non-hydrogen) atoms. The average molecular weight is 517 g/mol. The van der Waals surface area contributed by atoms with Crippen LogP contribution in [0.4, 0.5) is 0 Å². The molecule has 0 spiro atoms. The topological polar surface area (TPSA) is 93.7 Å². The van der Waals surface area contributed by atoms with Crippen molar-refractivity contribution in [2.75, 3.05) is 13.7 Å². The van der Waals surface area contributed by atoms with Crippen LogP contribution in [0.25, 0.3) is 0 Å². The third kappa shape index (κ3) is 6.97. The maximum Gasteiger partial charge on any atom is 0.241 e. The van der Waals surface area contributed by atoms with Crippen LogP contribution in [0.5, 0.6) is 11.5 Å². The molecular formula is C26H29ClN2O5S. The predicted molar refractivity (Wildman–Crippen MR) is 136 cm³/mol. The van der Waals surface area contributed by atoms with E-state index in [0.717, 1.165) is 11.1 Å². The molecule has 3 aromatic rings. The maximum absolute atomic E-state index is 13.3. The van der Waals surface area contributed by atoms with Crippen LogP contribution in [0, 0.1) is 0 Å². The molecule has 0 saturated carbocycles. The van der Waals surface area contributed by atoms with E-state index in [2.05, 4.69) is 10.0 Å². The van der Waals surface area contributed by atoms with Crippen molar-refractivity contribution in [2.45, 2.75) is 37.2 Å². The smallest absolute Gasteiger partial charge is 0.241 e. The van der Waals surface area contributed by atoms with Gasteiger partial charge in [0.1, 0.15) is 17.5 Å². The summed E-state index contributed by atoms with van der Waals surface area (Å²) in [6.07, 6.45) is 0.162. The van der Waals surface area contributed by atoms with Crippen LogP contribution < -0.4 is 19.5 Å². The first-order valence-corrected chi connectivity index (χ1v) is 13.0. The Morgan fingerprint density at radius 1 is 1.00 bits per heavy atom. The highest BCUT2D eigenvalue weighted by molar-refractivity contribution is 7.89. The lowest BCUT2D eigenvalue weighted by Crippen LogP contribution is -2.48. The summed E-state index contributed by atoms with van der Waals surface area (Å²) in [6.45, 7) is 4.02. The van der Waals surface area contributed by atoms with Gasteiger partial charge < -0.3 is 14.8 Å². The lowest BCUT2D eigenvalue weighted by atomic mass is 10.0. The van der Waals surface area contributed by atoms with Gasteiger partial charge >= 0.3 is 0 Å². The van der Waals surface area contributed by atoms with Crippen LogP contribution in [0.3, 0.4) is 0 Å². The fourth-order valence-electron chi connectivity index (χ4n) is 3.63. The van der Waals surface area contributed by atoms with E-state index in [1.54, 1.807) is 20.1 Å². The Bertz CT molecular complexity index is 1250. The van der Waals surface area contributed by atoms with Crippen LogP contribution >= 0.6 is 11.6 Å². The molecule has 3 aromatic carbocycles. The molecule has 2 atom stereocenters. The van der Waals surface area contributed by atoms with Gasteiger partial charge in [0, 0.05) is 5.56 Å². The number of methoxy groups -OCH3 is 1. The average Bonchev–Trinajstić information content (AvgIpc) is 2.85. The van der Waals surface area contributed by atoms with E-state index in [9.17, 15) is 13.2 Å². The highest BCUT2D eigenvalue weighted by atomic mass is 35.5. The largest absolute Gasteiger partial charge is 0.496 e. The molecular weight excluding hydrogens is 488 g/mol. The first-order valence-electron chi connectivity index (χ1n) is 11.2. The summed E-state index contributed by atoms with van der Waals surface area (Å²) < 4.78 is 39.7. The van der Waals surface area contributed by atoms with E-state index in [-0.39, 0.29) is 16.3 Å². The Labute approximate surface area is 211 Å². The summed E-state index contributed by atoms with van der Waals surface area (Å²) in [5.74, 6) is 0.551. The van der Waals surface area contributed by atoms with Gasteiger partial charge in [-0.25, -0.2) is 8.42 Å². The van der Waals surface area contributed by atoms with E-state index in [1.807, 2.05) is 55.5 Å². The van der Waals surface area contributed by atoms with Gasteiger partial charge in [-0.3, -0.25) is 4.79 Å². The third-order valence-electron chi connectivity index (χ3n) is 5.37. The van der Waals surface area contributed by atoms with Crippen LogP contribution in [0.15, 0.2) is 77.7 Å². The molecule has 186 valence electrons. The normalized spacial score (nSPS) is 13.0. The van der Waals surface area contributed by atoms with E-state index >= 15 is 0 Å². The Kier molecular flexibility index (Phi) is 9.14. The van der Waals surface area contributed by atoms with Gasteiger partial charge in [0.05, 0.1) is 29.7 Å². The van der Waals surface area contributed by atoms with Gasteiger partial charge in [0.2, 0.25) is 15.9 Å². The molecule has 0 aliphatic rings. The quantitative estimate of drug-likeness (QED) is 0.391. The van der Waals surface area contributed by atoms with Crippen molar-refractivity contribution < 1.29 is 22.7 Å². The van der Waals surface area contributed by atoms with Crippen LogP contribution in [-0.2, 0) is 21.2 Å². The van der Waals surface area contributed by atoms with Crippen LogP contribution in [0.1, 0.15) is 31.0 Å². The van der Waals surface area contributed by atoms with E-state index in [0.29, 0.717) is 18.1 Å². The number of rotatable bonds is 11. The minimum atomic E-state index is -4.07. The van der Waals surface area contributed by atoms with Crippen molar-refractivity contribution in [3.8, 4) is 11.5 Å². The maximum atomic E-state index is 13.3. The molecule has 0 bridgehead atoms. The molecule has 0 aliphatic heterocycles. The van der Waals surface area contributed by atoms with Crippen molar-refractivity contribution in [3.05, 3.63) is 88.9 Å². The molecule has 0 radical (unpaired) electrons. The van der Waals surface area contributed by atoms with Crippen molar-refractivity contribution in [1.29, 1.82) is 0 Å². The van der Waals surface area contributed by atoms with Gasteiger partial charge in [-0.05, 0) is 50.1 Å². The van der Waals surface area contributed by atoms with Crippen molar-refractivity contribution in [3.63, 3.8) is 0 Å². The van der Waals surface area contributed by atoms with E-state index < -0.39 is 28.0 Å². The zero-order chi connectivity index (χ0) is 25.4. The third-order valence-corrected chi connectivity index (χ3v) is 7.14. The fourth-order valence-corrected chi connectivity index (χ4v) is 5.15. The summed E-state index contributed by atoms with van der Waals surface area (Å²) in [5, 5.41) is 3.08. The highest BCUT2D eigenvalue weighted by Crippen LogP contribution is 2.28. The first-order chi connectivity index (χ1) is 16.7. The Morgan fingerprint density at radius 2 is 1.69 bits per heavy atom. The Hall–Kier alpha value is -3.07. The molecule has 7 nitrogen and oxygen atoms in total.